The van der Waals surface area contributed by atoms with E-state index in [1.54, 1.807) is 7.11 Å². The van der Waals surface area contributed by atoms with Crippen LogP contribution in [0.5, 0.6) is 0 Å². The first-order valence-corrected chi connectivity index (χ1v) is 9.11. The van der Waals surface area contributed by atoms with Crippen molar-refractivity contribution in [2.24, 2.45) is 10.9 Å². The van der Waals surface area contributed by atoms with Crippen molar-refractivity contribution in [2.45, 2.75) is 38.9 Å². The van der Waals surface area contributed by atoms with Gasteiger partial charge in [-0.1, -0.05) is 0 Å². The first-order valence-electron chi connectivity index (χ1n) is 7.79. The number of hydrogen-bond donors (Lipinski definition) is 1. The average molecular weight is 317 g/mol. The predicted molar refractivity (Wildman–Crippen MR) is 90.3 cm³/mol. The van der Waals surface area contributed by atoms with Crippen molar-refractivity contribution in [3.8, 4) is 0 Å². The first kappa shape index (κ1) is 18.4. The Morgan fingerprint density at radius 3 is 2.76 bits per heavy atom. The highest BCUT2D eigenvalue weighted by molar-refractivity contribution is 7.86. The molecule has 2 atom stereocenters. The van der Waals surface area contributed by atoms with Gasteiger partial charge in [-0.25, -0.2) is 0 Å². The first-order chi connectivity index (χ1) is 9.88. The number of methoxy groups -OCH3 is 1. The van der Waals surface area contributed by atoms with Crippen molar-refractivity contribution in [1.29, 1.82) is 0 Å². The number of nitrogens with zero attached hydrogens (tertiary/aromatic N) is 2. The highest BCUT2D eigenvalue weighted by Gasteiger charge is 2.25. The number of guanidine groups is 1. The van der Waals surface area contributed by atoms with Crippen LogP contribution in [0, 0.1) is 5.92 Å². The van der Waals surface area contributed by atoms with E-state index in [9.17, 15) is 4.21 Å². The normalized spacial score (nSPS) is 21.7. The number of aliphatic imine (C=N–C) groups is 1. The number of likely N-dealkylation sites (tertiary alicyclic amines) is 1. The van der Waals surface area contributed by atoms with Crippen molar-refractivity contribution in [1.82, 2.24) is 10.2 Å². The van der Waals surface area contributed by atoms with Crippen molar-refractivity contribution in [2.75, 3.05) is 45.6 Å². The van der Waals surface area contributed by atoms with Crippen LogP contribution >= 0.6 is 0 Å². The fourth-order valence-corrected chi connectivity index (χ4v) is 3.23. The summed E-state index contributed by atoms with van der Waals surface area (Å²) in [4.78, 5) is 6.93. The average Bonchev–Trinajstić information content (AvgIpc) is 2.85. The summed E-state index contributed by atoms with van der Waals surface area (Å²) in [5, 5.41) is 3.34. The van der Waals surface area contributed by atoms with Crippen LogP contribution in [-0.4, -0.2) is 65.5 Å². The Bertz CT molecular complexity index is 366. The molecule has 0 radical (unpaired) electrons. The van der Waals surface area contributed by atoms with E-state index in [4.69, 9.17) is 4.74 Å². The van der Waals surface area contributed by atoms with Crippen molar-refractivity contribution in [3.05, 3.63) is 0 Å². The van der Waals surface area contributed by atoms with Gasteiger partial charge in [0, 0.05) is 54.0 Å². The second-order valence-corrected chi connectivity index (χ2v) is 8.78. The van der Waals surface area contributed by atoms with E-state index in [0.717, 1.165) is 38.6 Å². The maximum absolute atomic E-state index is 12.1. The van der Waals surface area contributed by atoms with Gasteiger partial charge in [0.2, 0.25) is 0 Å². The molecule has 0 amide bonds. The van der Waals surface area contributed by atoms with Gasteiger partial charge < -0.3 is 15.0 Å². The van der Waals surface area contributed by atoms with Gasteiger partial charge in [0.1, 0.15) is 0 Å². The van der Waals surface area contributed by atoms with Crippen LogP contribution in [0.25, 0.3) is 0 Å². The van der Waals surface area contributed by atoms with Gasteiger partial charge in [-0.2, -0.15) is 0 Å². The summed E-state index contributed by atoms with van der Waals surface area (Å²) in [5.74, 6) is 2.15. The second kappa shape index (κ2) is 8.73. The zero-order chi connectivity index (χ0) is 15.9. The third-order valence-electron chi connectivity index (χ3n) is 3.54. The lowest BCUT2D eigenvalue weighted by Crippen LogP contribution is -2.40. The molecule has 2 unspecified atom stereocenters. The van der Waals surface area contributed by atoms with Gasteiger partial charge >= 0.3 is 0 Å². The molecule has 1 aliphatic rings. The molecule has 1 aliphatic heterocycles. The standard InChI is InChI=1S/C15H31N3O2S/c1-6-16-14(17-8-10-21(19)15(2,3)4)18-9-7-13(11-18)12-20-5/h13H,6-12H2,1-5H3,(H,16,17). The van der Waals surface area contributed by atoms with Crippen LogP contribution in [0.3, 0.4) is 0 Å². The Morgan fingerprint density at radius 1 is 1.48 bits per heavy atom. The molecule has 6 heteroatoms. The summed E-state index contributed by atoms with van der Waals surface area (Å²) in [6.45, 7) is 12.4. The number of nitrogens with one attached hydrogen (secondary N) is 1. The monoisotopic (exact) mass is 317 g/mol. The van der Waals surface area contributed by atoms with Crippen LogP contribution in [0.15, 0.2) is 4.99 Å². The molecular formula is C15H31N3O2S. The van der Waals surface area contributed by atoms with Gasteiger partial charge in [0.15, 0.2) is 5.96 Å². The maximum Gasteiger partial charge on any atom is 0.193 e. The van der Waals surface area contributed by atoms with Crippen LogP contribution < -0.4 is 5.32 Å². The largest absolute Gasteiger partial charge is 0.384 e. The molecule has 1 fully saturated rings. The summed E-state index contributed by atoms with van der Waals surface area (Å²) in [5.41, 5.74) is 0. The Morgan fingerprint density at radius 2 is 2.19 bits per heavy atom. The molecule has 0 aromatic heterocycles. The predicted octanol–water partition coefficient (Wildman–Crippen LogP) is 1.47. The topological polar surface area (TPSA) is 53.9 Å². The zero-order valence-corrected chi connectivity index (χ0v) is 15.0. The summed E-state index contributed by atoms with van der Waals surface area (Å²) in [6.07, 6.45) is 1.15. The fraction of sp³-hybridized carbons (Fsp3) is 0.933. The molecule has 21 heavy (non-hydrogen) atoms. The molecule has 0 aromatic rings. The van der Waals surface area contributed by atoms with E-state index in [0.29, 0.717) is 18.2 Å². The van der Waals surface area contributed by atoms with Gasteiger partial charge in [-0.05, 0) is 34.1 Å². The summed E-state index contributed by atoms with van der Waals surface area (Å²) >= 11 is 0. The Balaban J connectivity index is 2.53. The van der Waals surface area contributed by atoms with E-state index in [2.05, 4.69) is 22.1 Å². The lowest BCUT2D eigenvalue weighted by Gasteiger charge is -2.22. The van der Waals surface area contributed by atoms with Crippen molar-refractivity contribution in [3.63, 3.8) is 0 Å². The number of ether oxygens (including phenoxy) is 1. The third-order valence-corrected chi connectivity index (χ3v) is 5.46. The molecule has 0 aromatic carbocycles. The van der Waals surface area contributed by atoms with Crippen LogP contribution in [0.2, 0.25) is 0 Å². The second-order valence-electron chi connectivity index (χ2n) is 6.45. The van der Waals surface area contributed by atoms with E-state index < -0.39 is 10.8 Å². The van der Waals surface area contributed by atoms with Crippen LogP contribution in [0.1, 0.15) is 34.1 Å². The molecule has 0 saturated carbocycles. The number of hydrogen-bond acceptors (Lipinski definition) is 3. The molecule has 1 heterocycles. The molecular weight excluding hydrogens is 286 g/mol. The maximum atomic E-state index is 12.1. The minimum atomic E-state index is -0.843. The van der Waals surface area contributed by atoms with Gasteiger partial charge in [-0.3, -0.25) is 9.20 Å². The molecule has 0 bridgehead atoms. The van der Waals surface area contributed by atoms with Gasteiger partial charge in [0.05, 0.1) is 13.2 Å². The number of rotatable bonds is 6. The summed E-state index contributed by atoms with van der Waals surface area (Å²) in [7, 11) is 0.911. The SMILES string of the molecule is CCNC(=NCCS(=O)C(C)(C)C)N1CCC(COC)C1. The van der Waals surface area contributed by atoms with Crippen LogP contribution in [-0.2, 0) is 15.5 Å². The minimum Gasteiger partial charge on any atom is -0.384 e. The molecule has 124 valence electrons. The quantitative estimate of drug-likeness (QED) is 0.595. The summed E-state index contributed by atoms with van der Waals surface area (Å²) < 4.78 is 17.1. The van der Waals surface area contributed by atoms with E-state index in [1.807, 2.05) is 20.8 Å². The van der Waals surface area contributed by atoms with Crippen molar-refractivity contribution < 1.29 is 8.95 Å². The smallest absolute Gasteiger partial charge is 0.193 e. The molecule has 1 rings (SSSR count). The highest BCUT2D eigenvalue weighted by Crippen LogP contribution is 2.16. The van der Waals surface area contributed by atoms with E-state index in [1.165, 1.54) is 0 Å². The van der Waals surface area contributed by atoms with E-state index >= 15 is 0 Å². The lowest BCUT2D eigenvalue weighted by molar-refractivity contribution is 0.157. The fourth-order valence-electron chi connectivity index (χ4n) is 2.36. The van der Waals surface area contributed by atoms with Crippen molar-refractivity contribution >= 4 is 16.8 Å². The van der Waals surface area contributed by atoms with Gasteiger partial charge in [-0.15, -0.1) is 0 Å². The Kier molecular flexibility index (Phi) is 7.66. The Labute approximate surface area is 132 Å². The molecule has 0 aliphatic carbocycles. The zero-order valence-electron chi connectivity index (χ0n) is 14.1. The van der Waals surface area contributed by atoms with E-state index in [-0.39, 0.29) is 4.75 Å². The third kappa shape index (κ3) is 6.34. The molecule has 1 N–H and O–H groups in total. The minimum absolute atomic E-state index is 0.162. The Hall–Kier alpha value is -0.620. The highest BCUT2D eigenvalue weighted by atomic mass is 32.2. The molecule has 1 saturated heterocycles. The lowest BCUT2D eigenvalue weighted by atomic mass is 10.1. The van der Waals surface area contributed by atoms with Crippen LogP contribution in [0.4, 0.5) is 0 Å². The molecule has 5 nitrogen and oxygen atoms in total. The summed E-state index contributed by atoms with van der Waals surface area (Å²) in [6, 6.07) is 0. The van der Waals surface area contributed by atoms with Gasteiger partial charge in [0.25, 0.3) is 0 Å². The molecule has 0 spiro atoms.